The van der Waals surface area contributed by atoms with E-state index in [0.717, 1.165) is 0 Å². The van der Waals surface area contributed by atoms with Gasteiger partial charge in [0.05, 0.1) is 24.0 Å². The van der Waals surface area contributed by atoms with Crippen LogP contribution < -0.4 is 0 Å². The van der Waals surface area contributed by atoms with Crippen LogP contribution in [-0.4, -0.2) is 49.6 Å². The number of aliphatic carboxylic acids is 1. The number of benzene rings is 1. The Morgan fingerprint density at radius 1 is 1.24 bits per heavy atom. The number of carbonyl (C=O) groups is 1. The van der Waals surface area contributed by atoms with E-state index >= 15 is 0 Å². The molecule has 0 spiro atoms. The Hall–Kier alpha value is -1.44. The predicted molar refractivity (Wildman–Crippen MR) is 76.4 cm³/mol. The lowest BCUT2D eigenvalue weighted by Crippen LogP contribution is -2.40. The molecule has 0 aliphatic carbocycles. The Balaban J connectivity index is 1.88. The third-order valence-electron chi connectivity index (χ3n) is 3.45. The van der Waals surface area contributed by atoms with Crippen LogP contribution >= 0.6 is 0 Å². The molecule has 1 aromatic carbocycles. The van der Waals surface area contributed by atoms with E-state index in [2.05, 4.69) is 0 Å². The van der Waals surface area contributed by atoms with Gasteiger partial charge in [-0.05, 0) is 25.0 Å². The molecule has 0 amide bonds. The zero-order valence-electron chi connectivity index (χ0n) is 11.6. The molecule has 0 unspecified atom stereocenters. The highest BCUT2D eigenvalue weighted by Crippen LogP contribution is 2.21. The average Bonchev–Trinajstić information content (AvgIpc) is 2.48. The summed E-state index contributed by atoms with van der Waals surface area (Å²) in [5, 5.41) is 8.55. The Bertz CT molecular complexity index is 564. The Morgan fingerprint density at radius 2 is 1.86 bits per heavy atom. The smallest absolute Gasteiger partial charge is 0.305 e. The summed E-state index contributed by atoms with van der Waals surface area (Å²) in [6.45, 7) is 0.968. The molecule has 0 aromatic heterocycles. The van der Waals surface area contributed by atoms with Crippen molar-refractivity contribution in [1.82, 2.24) is 4.31 Å². The monoisotopic (exact) mass is 313 g/mol. The van der Waals surface area contributed by atoms with Gasteiger partial charge in [-0.1, -0.05) is 18.2 Å². The van der Waals surface area contributed by atoms with Crippen LogP contribution in [0.25, 0.3) is 0 Å². The summed E-state index contributed by atoms with van der Waals surface area (Å²) in [5.74, 6) is -0.890. The molecule has 1 aromatic rings. The number of sulfonamides is 1. The maximum Gasteiger partial charge on any atom is 0.305 e. The first-order valence-electron chi connectivity index (χ1n) is 6.89. The molecule has 2 rings (SSSR count). The van der Waals surface area contributed by atoms with E-state index in [1.807, 2.05) is 0 Å². The summed E-state index contributed by atoms with van der Waals surface area (Å²) in [4.78, 5) is 10.7. The van der Waals surface area contributed by atoms with Crippen molar-refractivity contribution in [3.63, 3.8) is 0 Å². The van der Waals surface area contributed by atoms with Crippen molar-refractivity contribution < 1.29 is 23.1 Å². The summed E-state index contributed by atoms with van der Waals surface area (Å²) in [6, 6.07) is 8.36. The molecule has 0 atom stereocenters. The van der Waals surface area contributed by atoms with E-state index in [4.69, 9.17) is 9.84 Å². The van der Waals surface area contributed by atoms with Crippen LogP contribution in [-0.2, 0) is 19.6 Å². The van der Waals surface area contributed by atoms with Gasteiger partial charge >= 0.3 is 5.97 Å². The van der Waals surface area contributed by atoms with Crippen LogP contribution in [0.3, 0.4) is 0 Å². The number of rotatable bonds is 6. The van der Waals surface area contributed by atoms with Crippen LogP contribution in [0.5, 0.6) is 0 Å². The average molecular weight is 313 g/mol. The molecular weight excluding hydrogens is 294 g/mol. The standard InChI is InChI=1S/C14H19NO5S/c16-14(17)8-11-20-12-6-9-15(10-7-12)21(18,19)13-4-2-1-3-5-13/h1-5,12H,6-11H2,(H,16,17). The van der Waals surface area contributed by atoms with Crippen molar-refractivity contribution >= 4 is 16.0 Å². The largest absolute Gasteiger partial charge is 0.481 e. The van der Waals surface area contributed by atoms with Crippen LogP contribution in [0.15, 0.2) is 35.2 Å². The number of piperidine rings is 1. The molecule has 1 heterocycles. The van der Waals surface area contributed by atoms with Crippen molar-refractivity contribution in [2.45, 2.75) is 30.3 Å². The molecule has 21 heavy (non-hydrogen) atoms. The summed E-state index contributed by atoms with van der Waals surface area (Å²) in [5.41, 5.74) is 0. The quantitative estimate of drug-likeness (QED) is 0.856. The van der Waals surface area contributed by atoms with E-state index in [-0.39, 0.29) is 19.1 Å². The van der Waals surface area contributed by atoms with Gasteiger partial charge in [-0.2, -0.15) is 4.31 Å². The van der Waals surface area contributed by atoms with Gasteiger partial charge in [0, 0.05) is 13.1 Å². The van der Waals surface area contributed by atoms with Gasteiger partial charge in [0.15, 0.2) is 0 Å². The minimum Gasteiger partial charge on any atom is -0.481 e. The van der Waals surface area contributed by atoms with Crippen molar-refractivity contribution in [3.8, 4) is 0 Å². The van der Waals surface area contributed by atoms with Gasteiger partial charge in [-0.15, -0.1) is 0 Å². The lowest BCUT2D eigenvalue weighted by Gasteiger charge is -2.31. The number of carboxylic acids is 1. The second kappa shape index (κ2) is 7.02. The summed E-state index contributed by atoms with van der Waals surface area (Å²) >= 11 is 0. The van der Waals surface area contributed by atoms with E-state index in [0.29, 0.717) is 30.8 Å². The molecule has 1 saturated heterocycles. The van der Waals surface area contributed by atoms with Gasteiger partial charge in [-0.3, -0.25) is 4.79 Å². The van der Waals surface area contributed by atoms with Gasteiger partial charge in [0.25, 0.3) is 0 Å². The van der Waals surface area contributed by atoms with Crippen LogP contribution in [0, 0.1) is 0 Å². The highest BCUT2D eigenvalue weighted by atomic mass is 32.2. The highest BCUT2D eigenvalue weighted by molar-refractivity contribution is 7.89. The van der Waals surface area contributed by atoms with Crippen molar-refractivity contribution in [2.75, 3.05) is 19.7 Å². The third kappa shape index (κ3) is 4.26. The fourth-order valence-corrected chi connectivity index (χ4v) is 3.78. The number of nitrogens with zero attached hydrogens (tertiary/aromatic N) is 1. The molecule has 0 radical (unpaired) electrons. The summed E-state index contributed by atoms with van der Waals surface area (Å²) in [7, 11) is -3.44. The first-order chi connectivity index (χ1) is 10.00. The maximum atomic E-state index is 12.4. The second-order valence-corrected chi connectivity index (χ2v) is 6.87. The Labute approximate surface area is 124 Å². The lowest BCUT2D eigenvalue weighted by atomic mass is 10.1. The van der Waals surface area contributed by atoms with E-state index in [9.17, 15) is 13.2 Å². The summed E-state index contributed by atoms with van der Waals surface area (Å²) in [6.07, 6.45) is 1.09. The SMILES string of the molecule is O=C(O)CCOC1CCN(S(=O)(=O)c2ccccc2)CC1. The minimum atomic E-state index is -3.44. The fourth-order valence-electron chi connectivity index (χ4n) is 2.29. The van der Waals surface area contributed by atoms with Crippen molar-refractivity contribution in [3.05, 3.63) is 30.3 Å². The molecule has 116 valence electrons. The minimum absolute atomic E-state index is 0.0253. The topological polar surface area (TPSA) is 83.9 Å². The molecule has 0 saturated carbocycles. The Kier molecular flexibility index (Phi) is 5.33. The van der Waals surface area contributed by atoms with E-state index in [1.54, 1.807) is 30.3 Å². The zero-order valence-corrected chi connectivity index (χ0v) is 12.5. The highest BCUT2D eigenvalue weighted by Gasteiger charge is 2.29. The van der Waals surface area contributed by atoms with Gasteiger partial charge in [0.2, 0.25) is 10.0 Å². The zero-order chi connectivity index (χ0) is 15.3. The number of hydrogen-bond donors (Lipinski definition) is 1. The van der Waals surface area contributed by atoms with E-state index < -0.39 is 16.0 Å². The molecule has 0 bridgehead atoms. The van der Waals surface area contributed by atoms with Gasteiger partial charge in [-0.25, -0.2) is 8.42 Å². The third-order valence-corrected chi connectivity index (χ3v) is 5.36. The normalized spacial score (nSPS) is 17.7. The fraction of sp³-hybridized carbons (Fsp3) is 0.500. The van der Waals surface area contributed by atoms with Crippen molar-refractivity contribution in [1.29, 1.82) is 0 Å². The number of ether oxygens (including phenoxy) is 1. The first-order valence-corrected chi connectivity index (χ1v) is 8.33. The molecule has 7 heteroatoms. The second-order valence-electron chi connectivity index (χ2n) is 4.93. The Morgan fingerprint density at radius 3 is 2.43 bits per heavy atom. The molecular formula is C14H19NO5S. The molecule has 1 aliphatic heterocycles. The molecule has 1 fully saturated rings. The number of hydrogen-bond acceptors (Lipinski definition) is 4. The van der Waals surface area contributed by atoms with Crippen LogP contribution in [0.1, 0.15) is 19.3 Å². The lowest BCUT2D eigenvalue weighted by molar-refractivity contribution is -0.138. The molecule has 1 aliphatic rings. The predicted octanol–water partition coefficient (Wildman–Crippen LogP) is 1.33. The van der Waals surface area contributed by atoms with Gasteiger partial charge in [0.1, 0.15) is 0 Å². The first kappa shape index (κ1) is 15.9. The van der Waals surface area contributed by atoms with Gasteiger partial charge < -0.3 is 9.84 Å². The van der Waals surface area contributed by atoms with Crippen LogP contribution in [0.4, 0.5) is 0 Å². The number of carboxylic acid groups (broad SMARTS) is 1. The van der Waals surface area contributed by atoms with Crippen LogP contribution in [0.2, 0.25) is 0 Å². The molecule has 6 nitrogen and oxygen atoms in total. The van der Waals surface area contributed by atoms with E-state index in [1.165, 1.54) is 4.31 Å². The molecule has 1 N–H and O–H groups in total. The van der Waals surface area contributed by atoms with Crippen molar-refractivity contribution in [2.24, 2.45) is 0 Å². The maximum absolute atomic E-state index is 12.4. The summed E-state index contributed by atoms with van der Waals surface area (Å²) < 4.78 is 31.7.